The Balaban J connectivity index is 2.09. The van der Waals surface area contributed by atoms with Gasteiger partial charge >= 0.3 is 0 Å². The topological polar surface area (TPSA) is 30.7 Å². The molecule has 0 fully saturated rings. The zero-order chi connectivity index (χ0) is 13.9. The maximum atomic E-state index is 5.91. The molecule has 102 valence electrons. The quantitative estimate of drug-likeness (QED) is 0.494. The van der Waals surface area contributed by atoms with Crippen LogP contribution in [0.4, 0.5) is 0 Å². The van der Waals surface area contributed by atoms with E-state index < -0.39 is 0 Å². The summed E-state index contributed by atoms with van der Waals surface area (Å²) >= 11 is 8.22. The zero-order valence-electron chi connectivity index (χ0n) is 10.8. The summed E-state index contributed by atoms with van der Waals surface area (Å²) in [5.74, 6) is 1.62. The van der Waals surface area contributed by atoms with E-state index in [9.17, 15) is 0 Å². The van der Waals surface area contributed by atoms with Crippen molar-refractivity contribution in [3.8, 4) is 0 Å². The molecule has 0 spiro atoms. The molecule has 3 aromatic rings. The SMILES string of the molecule is ClCCc1nc2cc(I)ccc2n1Cc1ccncc1. The van der Waals surface area contributed by atoms with Gasteiger partial charge in [0.2, 0.25) is 0 Å². The Morgan fingerprint density at radius 3 is 2.70 bits per heavy atom. The lowest BCUT2D eigenvalue weighted by atomic mass is 10.2. The first kappa shape index (κ1) is 13.8. The highest BCUT2D eigenvalue weighted by Gasteiger charge is 2.11. The Bertz CT molecular complexity index is 725. The molecule has 0 amide bonds. The number of nitrogens with zero attached hydrogens (tertiary/aromatic N) is 3. The average Bonchev–Trinajstić information content (AvgIpc) is 2.77. The highest BCUT2D eigenvalue weighted by molar-refractivity contribution is 14.1. The number of hydrogen-bond donors (Lipinski definition) is 0. The fraction of sp³-hybridized carbons (Fsp3) is 0.200. The van der Waals surface area contributed by atoms with E-state index in [2.05, 4.69) is 50.3 Å². The molecule has 3 rings (SSSR count). The van der Waals surface area contributed by atoms with Crippen LogP contribution in [0.25, 0.3) is 11.0 Å². The number of imidazole rings is 1. The maximum absolute atomic E-state index is 5.91. The number of rotatable bonds is 4. The minimum Gasteiger partial charge on any atom is -0.323 e. The summed E-state index contributed by atoms with van der Waals surface area (Å²) in [6, 6.07) is 10.4. The Labute approximate surface area is 136 Å². The highest BCUT2D eigenvalue weighted by atomic mass is 127. The predicted octanol–water partition coefficient (Wildman–Crippen LogP) is 3.87. The van der Waals surface area contributed by atoms with Crippen LogP contribution in [0.15, 0.2) is 42.7 Å². The third kappa shape index (κ3) is 2.81. The zero-order valence-corrected chi connectivity index (χ0v) is 13.7. The van der Waals surface area contributed by atoms with E-state index in [1.807, 2.05) is 24.5 Å². The largest absolute Gasteiger partial charge is 0.323 e. The third-order valence-corrected chi connectivity index (χ3v) is 4.06. The lowest BCUT2D eigenvalue weighted by Crippen LogP contribution is -2.06. The molecule has 0 unspecified atom stereocenters. The van der Waals surface area contributed by atoms with E-state index in [1.54, 1.807) is 0 Å². The monoisotopic (exact) mass is 397 g/mol. The van der Waals surface area contributed by atoms with E-state index in [-0.39, 0.29) is 0 Å². The molecule has 0 aliphatic carbocycles. The third-order valence-electron chi connectivity index (χ3n) is 3.20. The lowest BCUT2D eigenvalue weighted by Gasteiger charge is -2.08. The van der Waals surface area contributed by atoms with Gasteiger partial charge in [-0.1, -0.05) is 0 Å². The van der Waals surface area contributed by atoms with Gasteiger partial charge in [0.25, 0.3) is 0 Å². The van der Waals surface area contributed by atoms with Gasteiger partial charge < -0.3 is 4.57 Å². The van der Waals surface area contributed by atoms with Crippen LogP contribution in [-0.4, -0.2) is 20.4 Å². The summed E-state index contributed by atoms with van der Waals surface area (Å²) in [4.78, 5) is 8.78. The molecule has 0 aliphatic rings. The molecule has 1 aromatic carbocycles. The van der Waals surface area contributed by atoms with Gasteiger partial charge in [-0.15, -0.1) is 11.6 Å². The van der Waals surface area contributed by atoms with Crippen molar-refractivity contribution in [3.05, 3.63) is 57.7 Å². The van der Waals surface area contributed by atoms with Gasteiger partial charge in [-0.3, -0.25) is 4.98 Å². The van der Waals surface area contributed by atoms with Gasteiger partial charge in [0.05, 0.1) is 11.0 Å². The van der Waals surface area contributed by atoms with Crippen molar-refractivity contribution in [2.75, 3.05) is 5.88 Å². The molecular weight excluding hydrogens is 385 g/mol. The van der Waals surface area contributed by atoms with Gasteiger partial charge in [-0.25, -0.2) is 4.98 Å². The van der Waals surface area contributed by atoms with Crippen LogP contribution in [0.3, 0.4) is 0 Å². The summed E-state index contributed by atoms with van der Waals surface area (Å²) in [7, 11) is 0. The van der Waals surface area contributed by atoms with E-state index in [1.165, 1.54) is 9.13 Å². The molecule has 0 atom stereocenters. The van der Waals surface area contributed by atoms with Crippen LogP contribution in [0.1, 0.15) is 11.4 Å². The van der Waals surface area contributed by atoms with Crippen LogP contribution >= 0.6 is 34.2 Å². The molecule has 0 bridgehead atoms. The Morgan fingerprint density at radius 1 is 1.15 bits per heavy atom. The molecule has 0 radical (unpaired) electrons. The van der Waals surface area contributed by atoms with Crippen LogP contribution in [0, 0.1) is 3.57 Å². The van der Waals surface area contributed by atoms with Crippen LogP contribution in [0.2, 0.25) is 0 Å². The molecule has 0 aliphatic heterocycles. The number of fused-ring (bicyclic) bond motifs is 1. The lowest BCUT2D eigenvalue weighted by molar-refractivity contribution is 0.753. The molecule has 0 N–H and O–H groups in total. The maximum Gasteiger partial charge on any atom is 0.111 e. The van der Waals surface area contributed by atoms with Crippen LogP contribution in [0.5, 0.6) is 0 Å². The molecule has 20 heavy (non-hydrogen) atoms. The molecule has 0 saturated heterocycles. The van der Waals surface area contributed by atoms with Gasteiger partial charge in [-0.2, -0.15) is 0 Å². The van der Waals surface area contributed by atoms with E-state index in [0.717, 1.165) is 29.8 Å². The number of alkyl halides is 1. The second-order valence-electron chi connectivity index (χ2n) is 4.54. The fourth-order valence-electron chi connectivity index (χ4n) is 2.28. The standard InChI is InChI=1S/C15H13ClIN3/c16-6-3-15-19-13-9-12(17)1-2-14(13)20(15)10-11-4-7-18-8-5-11/h1-2,4-5,7-9H,3,6,10H2. The number of hydrogen-bond acceptors (Lipinski definition) is 2. The number of pyridine rings is 1. The first-order valence-corrected chi connectivity index (χ1v) is 7.99. The minimum absolute atomic E-state index is 0.580. The molecule has 3 nitrogen and oxygen atoms in total. The van der Waals surface area contributed by atoms with Crippen molar-refractivity contribution in [2.45, 2.75) is 13.0 Å². The summed E-state index contributed by atoms with van der Waals surface area (Å²) in [6.07, 6.45) is 4.41. The van der Waals surface area contributed by atoms with Gasteiger partial charge in [0.15, 0.2) is 0 Å². The second-order valence-corrected chi connectivity index (χ2v) is 6.17. The Hall–Kier alpha value is -1.14. The van der Waals surface area contributed by atoms with Crippen molar-refractivity contribution < 1.29 is 0 Å². The first-order chi connectivity index (χ1) is 9.78. The van der Waals surface area contributed by atoms with Crippen LogP contribution < -0.4 is 0 Å². The van der Waals surface area contributed by atoms with E-state index in [4.69, 9.17) is 16.6 Å². The molecular formula is C15H13ClIN3. The number of aryl methyl sites for hydroxylation is 1. The normalized spacial score (nSPS) is 11.1. The van der Waals surface area contributed by atoms with Crippen molar-refractivity contribution >= 4 is 45.2 Å². The van der Waals surface area contributed by atoms with E-state index in [0.29, 0.717) is 5.88 Å². The molecule has 5 heteroatoms. The molecule has 2 aromatic heterocycles. The first-order valence-electron chi connectivity index (χ1n) is 6.37. The number of benzene rings is 1. The Morgan fingerprint density at radius 2 is 1.95 bits per heavy atom. The van der Waals surface area contributed by atoms with Crippen LogP contribution in [-0.2, 0) is 13.0 Å². The predicted molar refractivity (Wildman–Crippen MR) is 90.2 cm³/mol. The van der Waals surface area contributed by atoms with Gasteiger partial charge in [0.1, 0.15) is 5.82 Å². The summed E-state index contributed by atoms with van der Waals surface area (Å²) < 4.78 is 3.43. The van der Waals surface area contributed by atoms with E-state index >= 15 is 0 Å². The summed E-state index contributed by atoms with van der Waals surface area (Å²) in [6.45, 7) is 0.797. The van der Waals surface area contributed by atoms with Crippen molar-refractivity contribution in [1.29, 1.82) is 0 Å². The van der Waals surface area contributed by atoms with Crippen molar-refractivity contribution in [1.82, 2.24) is 14.5 Å². The minimum atomic E-state index is 0.580. The smallest absolute Gasteiger partial charge is 0.111 e. The number of aromatic nitrogens is 3. The summed E-state index contributed by atoms with van der Waals surface area (Å²) in [5, 5.41) is 0. The average molecular weight is 398 g/mol. The highest BCUT2D eigenvalue weighted by Crippen LogP contribution is 2.21. The summed E-state index contributed by atoms with van der Waals surface area (Å²) in [5.41, 5.74) is 3.40. The number of halogens is 2. The second kappa shape index (κ2) is 6.10. The molecule has 2 heterocycles. The van der Waals surface area contributed by atoms with Crippen molar-refractivity contribution in [2.24, 2.45) is 0 Å². The fourth-order valence-corrected chi connectivity index (χ4v) is 2.92. The van der Waals surface area contributed by atoms with Crippen molar-refractivity contribution in [3.63, 3.8) is 0 Å². The Kier molecular flexibility index (Phi) is 4.21. The van der Waals surface area contributed by atoms with Gasteiger partial charge in [-0.05, 0) is 58.5 Å². The molecule has 0 saturated carbocycles. The van der Waals surface area contributed by atoms with Gasteiger partial charge in [0, 0.05) is 34.8 Å².